The van der Waals surface area contributed by atoms with Crippen molar-refractivity contribution in [2.75, 3.05) is 4.90 Å². The number of benzene rings is 3. The molecule has 31 heavy (non-hydrogen) atoms. The number of ketones is 2. The van der Waals surface area contributed by atoms with Gasteiger partial charge in [0, 0.05) is 24.7 Å². The van der Waals surface area contributed by atoms with Crippen molar-refractivity contribution in [3.05, 3.63) is 102 Å². The van der Waals surface area contributed by atoms with Crippen LogP contribution in [0.2, 0.25) is 0 Å². The van der Waals surface area contributed by atoms with E-state index in [2.05, 4.69) is 65.6 Å². The first kappa shape index (κ1) is 22.5. The molecule has 0 saturated carbocycles. The van der Waals surface area contributed by atoms with Crippen molar-refractivity contribution in [3.63, 3.8) is 0 Å². The first-order valence-corrected chi connectivity index (χ1v) is 10.9. The van der Waals surface area contributed by atoms with Gasteiger partial charge in [-0.15, -0.1) is 0 Å². The Labute approximate surface area is 185 Å². The van der Waals surface area contributed by atoms with Crippen molar-refractivity contribution >= 4 is 17.3 Å². The maximum atomic E-state index is 12.2. The van der Waals surface area contributed by atoms with E-state index in [0.717, 1.165) is 30.8 Å². The fourth-order valence-electron chi connectivity index (χ4n) is 4.31. The topological polar surface area (TPSA) is 37.4 Å². The highest BCUT2D eigenvalue weighted by Crippen LogP contribution is 2.32. The molecule has 160 valence electrons. The molecule has 0 heterocycles. The van der Waals surface area contributed by atoms with Crippen LogP contribution in [0.3, 0.4) is 0 Å². The molecule has 0 aliphatic rings. The van der Waals surface area contributed by atoms with Gasteiger partial charge >= 0.3 is 0 Å². The summed E-state index contributed by atoms with van der Waals surface area (Å²) in [5.74, 6) is -0.812. The summed E-state index contributed by atoms with van der Waals surface area (Å²) < 4.78 is 0. The van der Waals surface area contributed by atoms with Gasteiger partial charge in [-0.1, -0.05) is 79.7 Å². The number of anilines is 1. The normalized spacial score (nSPS) is 11.9. The molecule has 0 aromatic heterocycles. The summed E-state index contributed by atoms with van der Waals surface area (Å²) in [6.45, 7) is 6.64. The Morgan fingerprint density at radius 1 is 0.742 bits per heavy atom. The Morgan fingerprint density at radius 2 is 1.26 bits per heavy atom. The highest BCUT2D eigenvalue weighted by atomic mass is 16.1. The molecule has 0 fully saturated rings. The molecule has 0 saturated heterocycles. The average Bonchev–Trinajstić information content (AvgIpc) is 2.78. The molecule has 3 nitrogen and oxygen atoms in total. The number of carbonyl (C=O) groups is 2. The van der Waals surface area contributed by atoms with E-state index in [1.54, 1.807) is 0 Å². The molecule has 3 aromatic carbocycles. The number of Topliss-reactive ketones (excluding diaryl/α,β-unsaturated/α-hetero) is 2. The summed E-state index contributed by atoms with van der Waals surface area (Å²) in [6.07, 6.45) is 0.741. The van der Waals surface area contributed by atoms with Gasteiger partial charge in [-0.25, -0.2) is 0 Å². The van der Waals surface area contributed by atoms with Crippen LogP contribution in [-0.4, -0.2) is 11.6 Å². The maximum Gasteiger partial charge on any atom is 0.140 e. The lowest BCUT2D eigenvalue weighted by Crippen LogP contribution is -2.27. The Balaban J connectivity index is 1.97. The molecule has 0 N–H and O–H groups in total. The molecule has 3 rings (SSSR count). The molecule has 0 unspecified atom stereocenters. The molecule has 0 bridgehead atoms. The highest BCUT2D eigenvalue weighted by Gasteiger charge is 2.30. The van der Waals surface area contributed by atoms with E-state index in [1.165, 1.54) is 25.0 Å². The zero-order valence-electron chi connectivity index (χ0n) is 18.6. The quantitative estimate of drug-likeness (QED) is 0.372. The number of carbonyl (C=O) groups excluding carboxylic acids is 2. The minimum Gasteiger partial charge on any atom is -0.363 e. The van der Waals surface area contributed by atoms with Gasteiger partial charge < -0.3 is 4.90 Å². The first-order valence-electron chi connectivity index (χ1n) is 10.9. The van der Waals surface area contributed by atoms with E-state index >= 15 is 0 Å². The monoisotopic (exact) mass is 413 g/mol. The van der Waals surface area contributed by atoms with E-state index in [1.807, 2.05) is 31.2 Å². The number of nitrogens with zero attached hydrogens (tertiary/aromatic N) is 1. The zero-order chi connectivity index (χ0) is 22.2. The van der Waals surface area contributed by atoms with Crippen molar-refractivity contribution in [1.82, 2.24) is 0 Å². The third kappa shape index (κ3) is 5.91. The van der Waals surface area contributed by atoms with Crippen LogP contribution < -0.4 is 4.90 Å². The van der Waals surface area contributed by atoms with Gasteiger partial charge in [-0.2, -0.15) is 0 Å². The van der Waals surface area contributed by atoms with Crippen LogP contribution in [-0.2, 0) is 22.7 Å². The van der Waals surface area contributed by atoms with Crippen molar-refractivity contribution in [1.29, 1.82) is 0 Å². The second kappa shape index (κ2) is 10.7. The molecular formula is C28H31NO2. The van der Waals surface area contributed by atoms with Gasteiger partial charge in [0.05, 0.1) is 5.92 Å². The van der Waals surface area contributed by atoms with Crippen LogP contribution in [0.1, 0.15) is 49.8 Å². The van der Waals surface area contributed by atoms with E-state index in [9.17, 15) is 9.59 Å². The third-order valence-corrected chi connectivity index (χ3v) is 5.81. The second-order valence-corrected chi connectivity index (χ2v) is 8.14. The third-order valence-electron chi connectivity index (χ3n) is 5.81. The molecule has 0 amide bonds. The highest BCUT2D eigenvalue weighted by molar-refractivity contribution is 6.01. The van der Waals surface area contributed by atoms with Crippen LogP contribution in [0.5, 0.6) is 0 Å². The van der Waals surface area contributed by atoms with Crippen LogP contribution in [0, 0.1) is 5.92 Å². The summed E-state index contributed by atoms with van der Waals surface area (Å²) in [4.78, 5) is 26.8. The zero-order valence-corrected chi connectivity index (χ0v) is 18.6. The molecular weight excluding hydrogens is 382 g/mol. The minimum atomic E-state index is -0.586. The molecule has 0 aliphatic heterocycles. The maximum absolute atomic E-state index is 12.2. The summed E-state index contributed by atoms with van der Waals surface area (Å²) in [7, 11) is 0. The van der Waals surface area contributed by atoms with E-state index in [4.69, 9.17) is 0 Å². The second-order valence-electron chi connectivity index (χ2n) is 8.14. The Kier molecular flexibility index (Phi) is 7.77. The lowest BCUT2D eigenvalue weighted by Gasteiger charge is -2.28. The summed E-state index contributed by atoms with van der Waals surface area (Å²) in [6, 6.07) is 29.2. The lowest BCUT2D eigenvalue weighted by molar-refractivity contribution is -0.131. The van der Waals surface area contributed by atoms with Gasteiger partial charge in [0.1, 0.15) is 11.6 Å². The molecule has 0 radical (unpaired) electrons. The molecule has 3 heteroatoms. The van der Waals surface area contributed by atoms with E-state index in [0.29, 0.717) is 0 Å². The van der Waals surface area contributed by atoms with Crippen molar-refractivity contribution in [2.45, 2.75) is 46.2 Å². The predicted molar refractivity (Wildman–Crippen MR) is 127 cm³/mol. The van der Waals surface area contributed by atoms with E-state index < -0.39 is 5.92 Å². The SMILES string of the molecule is CC[C@H](c1cccc(N(Cc2ccccc2)Cc2ccccc2)c1)C(C(C)=O)C(C)=O. The largest absolute Gasteiger partial charge is 0.363 e. The predicted octanol–water partition coefficient (Wildman–Crippen LogP) is 6.18. The van der Waals surface area contributed by atoms with Gasteiger partial charge in [0.25, 0.3) is 0 Å². The van der Waals surface area contributed by atoms with Crippen LogP contribution in [0.4, 0.5) is 5.69 Å². The van der Waals surface area contributed by atoms with Crippen molar-refractivity contribution < 1.29 is 9.59 Å². The van der Waals surface area contributed by atoms with Crippen LogP contribution in [0.25, 0.3) is 0 Å². The minimum absolute atomic E-state index is 0.0600. The number of rotatable bonds is 10. The van der Waals surface area contributed by atoms with Crippen LogP contribution in [0.15, 0.2) is 84.9 Å². The standard InChI is InChI=1S/C28H31NO2/c1-4-27(28(21(2)30)22(3)31)25-16-11-17-26(18-25)29(19-23-12-7-5-8-13-23)20-24-14-9-6-10-15-24/h5-18,27-28H,4,19-20H2,1-3H3/t27-/m1/s1. The first-order chi connectivity index (χ1) is 15.0. The Morgan fingerprint density at radius 3 is 1.71 bits per heavy atom. The van der Waals surface area contributed by atoms with Gasteiger partial charge in [0.2, 0.25) is 0 Å². The molecule has 1 atom stereocenters. The summed E-state index contributed by atoms with van der Waals surface area (Å²) >= 11 is 0. The lowest BCUT2D eigenvalue weighted by atomic mass is 9.79. The fourth-order valence-corrected chi connectivity index (χ4v) is 4.31. The van der Waals surface area contributed by atoms with Gasteiger partial charge in [-0.3, -0.25) is 9.59 Å². The number of hydrogen-bond donors (Lipinski definition) is 0. The Bertz CT molecular complexity index is 942. The van der Waals surface area contributed by atoms with Crippen molar-refractivity contribution in [2.24, 2.45) is 5.92 Å². The van der Waals surface area contributed by atoms with Gasteiger partial charge in [0.15, 0.2) is 0 Å². The summed E-state index contributed by atoms with van der Waals surface area (Å²) in [5, 5.41) is 0. The van der Waals surface area contributed by atoms with Gasteiger partial charge in [-0.05, 0) is 49.1 Å². The van der Waals surface area contributed by atoms with Crippen molar-refractivity contribution in [3.8, 4) is 0 Å². The average molecular weight is 414 g/mol. The fraction of sp³-hybridized carbons (Fsp3) is 0.286. The number of hydrogen-bond acceptors (Lipinski definition) is 3. The molecule has 3 aromatic rings. The smallest absolute Gasteiger partial charge is 0.140 e. The van der Waals surface area contributed by atoms with Crippen LogP contribution >= 0.6 is 0 Å². The summed E-state index contributed by atoms with van der Waals surface area (Å²) in [5.41, 5.74) is 4.61. The Hall–Kier alpha value is -3.20. The molecule has 0 spiro atoms. The van der Waals surface area contributed by atoms with E-state index in [-0.39, 0.29) is 17.5 Å². The molecule has 0 aliphatic carbocycles.